The van der Waals surface area contributed by atoms with Crippen molar-refractivity contribution in [2.24, 2.45) is 11.3 Å². The van der Waals surface area contributed by atoms with Gasteiger partial charge in [-0.25, -0.2) is 4.79 Å². The molecule has 6 aromatic carbocycles. The predicted octanol–water partition coefficient (Wildman–Crippen LogP) is 16.1. The maximum atomic E-state index is 14.5. The average molecular weight is 1150 g/mol. The fourth-order valence-electron chi connectivity index (χ4n) is 11.4. The normalized spacial score (nSPS) is 15.0. The van der Waals surface area contributed by atoms with Gasteiger partial charge in [0.1, 0.15) is 22.7 Å². The number of methoxy groups -OCH3 is 2. The first kappa shape index (κ1) is 66.3. The van der Waals surface area contributed by atoms with Crippen molar-refractivity contribution in [2.45, 2.75) is 151 Å². The van der Waals surface area contributed by atoms with E-state index in [1.54, 1.807) is 72.8 Å². The number of Topliss-reactive ketones (excluding diaryl/α,β-unsaturated/α-hetero) is 2. The molecule has 13 heteroatoms. The minimum Gasteiger partial charge on any atom is -0.496 e. The summed E-state index contributed by atoms with van der Waals surface area (Å²) in [5, 5.41) is 20.8. The monoisotopic (exact) mass is 1150 g/mol. The fourth-order valence-corrected chi connectivity index (χ4v) is 15.3. The lowest BCUT2D eigenvalue weighted by Gasteiger charge is -2.30. The summed E-state index contributed by atoms with van der Waals surface area (Å²) in [5.41, 5.74) is 3.65. The van der Waals surface area contributed by atoms with Crippen LogP contribution < -0.4 is 14.8 Å². The molecule has 0 aliphatic heterocycles. The van der Waals surface area contributed by atoms with E-state index in [-0.39, 0.29) is 33.8 Å². The lowest BCUT2D eigenvalue weighted by Crippen LogP contribution is -2.40. The van der Waals surface area contributed by atoms with Crippen molar-refractivity contribution >= 4 is 48.4 Å². The van der Waals surface area contributed by atoms with Crippen molar-refractivity contribution in [3.63, 3.8) is 0 Å². The highest BCUT2D eigenvalue weighted by atomic mass is 31.2. The Morgan fingerprint density at radius 3 is 1.21 bits per heavy atom. The van der Waals surface area contributed by atoms with Crippen molar-refractivity contribution in [3.8, 4) is 11.5 Å². The van der Waals surface area contributed by atoms with Crippen LogP contribution in [0.25, 0.3) is 0 Å². The topological polar surface area (TPSA) is 178 Å². The molecule has 0 amide bonds. The lowest BCUT2D eigenvalue weighted by molar-refractivity contribution is 0.0116. The van der Waals surface area contributed by atoms with Gasteiger partial charge in [0.25, 0.3) is 0 Å². The van der Waals surface area contributed by atoms with Crippen LogP contribution in [0.2, 0.25) is 0 Å². The number of ether oxygens (including phenoxy) is 2. The molecule has 2 saturated carbocycles. The molecule has 2 N–H and O–H groups in total. The molecule has 2 aliphatic carbocycles. The summed E-state index contributed by atoms with van der Waals surface area (Å²) in [6.07, 6.45) is 9.82. The van der Waals surface area contributed by atoms with Crippen LogP contribution in [0.1, 0.15) is 183 Å². The zero-order chi connectivity index (χ0) is 60.6. The first-order chi connectivity index (χ1) is 38.7. The molecule has 6 aromatic rings. The molecule has 0 heterocycles. The van der Waals surface area contributed by atoms with E-state index >= 15 is 0 Å². The highest BCUT2D eigenvalue weighted by molar-refractivity contribution is 8.01. The van der Waals surface area contributed by atoms with Crippen LogP contribution in [0.15, 0.2) is 133 Å². The summed E-state index contributed by atoms with van der Waals surface area (Å²) < 4.78 is 37.4. The lowest BCUT2D eigenvalue weighted by atomic mass is 9.79. The van der Waals surface area contributed by atoms with Gasteiger partial charge in [0.15, 0.2) is 23.3 Å². The number of carbonyl (C=O) groups is 5. The SMILES string of the molecule is COc1cccc(OC)c1C(=O)[P+](=O)CC(C)CC(C)(C)C.Cc1cc(C)c(C(=O)P(=O)(C(=O)c2c(C)cc(C)cc2C)c2ccccc2)c(C)c1.O=C(c1ccccc1)C1(O)CCCCC1.O=C(c1ccccc1)C1(O)CCCCC1. The number of rotatable bonds is 16. The first-order valence-electron chi connectivity index (χ1n) is 28.5. The Balaban J connectivity index is 0.000000209. The van der Waals surface area contributed by atoms with Crippen LogP contribution in [-0.4, -0.2) is 69.9 Å². The average Bonchev–Trinajstić information content (AvgIpc) is 3.54. The highest BCUT2D eigenvalue weighted by Gasteiger charge is 2.45. The summed E-state index contributed by atoms with van der Waals surface area (Å²) in [6, 6.07) is 39.3. The van der Waals surface area contributed by atoms with Gasteiger partial charge < -0.3 is 24.3 Å². The van der Waals surface area contributed by atoms with Gasteiger partial charge in [-0.3, -0.25) is 19.2 Å². The van der Waals surface area contributed by atoms with E-state index in [4.69, 9.17) is 9.47 Å². The van der Waals surface area contributed by atoms with Crippen LogP contribution in [-0.2, 0) is 9.13 Å². The fraction of sp³-hybridized carbons (Fsp3) is 0.406. The summed E-state index contributed by atoms with van der Waals surface area (Å²) in [6.45, 7) is 19.7. The molecule has 0 bridgehead atoms. The molecule has 0 saturated heterocycles. The van der Waals surface area contributed by atoms with Crippen molar-refractivity contribution in [1.82, 2.24) is 0 Å². The van der Waals surface area contributed by atoms with Gasteiger partial charge in [0.2, 0.25) is 18.2 Å². The van der Waals surface area contributed by atoms with E-state index in [0.29, 0.717) is 65.6 Å². The molecule has 0 aromatic heterocycles. The van der Waals surface area contributed by atoms with Crippen LogP contribution in [0, 0.1) is 52.9 Å². The Labute approximate surface area is 487 Å². The quantitative estimate of drug-likeness (QED) is 0.0696. The van der Waals surface area contributed by atoms with Gasteiger partial charge in [0.05, 0.1) is 14.2 Å². The molecule has 2 aliphatic rings. The highest BCUT2D eigenvalue weighted by Crippen LogP contribution is 2.53. The van der Waals surface area contributed by atoms with Crippen molar-refractivity contribution in [2.75, 3.05) is 20.4 Å². The second-order valence-electron chi connectivity index (χ2n) is 23.5. The molecule has 11 nitrogen and oxygen atoms in total. The predicted molar refractivity (Wildman–Crippen MR) is 331 cm³/mol. The summed E-state index contributed by atoms with van der Waals surface area (Å²) in [4.78, 5) is 64.4. The second kappa shape index (κ2) is 29.7. The smallest absolute Gasteiger partial charge is 0.420 e. The number of benzene rings is 6. The first-order valence-corrected chi connectivity index (χ1v) is 31.6. The second-order valence-corrected chi connectivity index (χ2v) is 27.5. The third-order valence-electron chi connectivity index (χ3n) is 15.1. The zero-order valence-corrected chi connectivity index (χ0v) is 52.0. The molecule has 436 valence electrons. The summed E-state index contributed by atoms with van der Waals surface area (Å²) in [5.74, 6) is 0.797. The van der Waals surface area contributed by atoms with Crippen LogP contribution in [0.4, 0.5) is 0 Å². The summed E-state index contributed by atoms with van der Waals surface area (Å²) >= 11 is 0. The zero-order valence-electron chi connectivity index (χ0n) is 50.2. The van der Waals surface area contributed by atoms with E-state index in [0.717, 1.165) is 78.3 Å². The molecule has 8 rings (SSSR count). The van der Waals surface area contributed by atoms with E-state index in [1.165, 1.54) is 14.2 Å². The molecular formula is C69H85O11P2+. The van der Waals surface area contributed by atoms with Gasteiger partial charge in [-0.1, -0.05) is 203 Å². The van der Waals surface area contributed by atoms with Crippen LogP contribution in [0.5, 0.6) is 11.5 Å². The van der Waals surface area contributed by atoms with E-state index in [9.17, 15) is 43.3 Å². The number of ketones is 2. The number of aryl methyl sites for hydroxylation is 6. The number of hydrogen-bond acceptors (Lipinski definition) is 11. The Morgan fingerprint density at radius 2 is 0.878 bits per heavy atom. The summed E-state index contributed by atoms with van der Waals surface area (Å²) in [7, 11) is -3.14. The van der Waals surface area contributed by atoms with Gasteiger partial charge in [-0.2, -0.15) is 0 Å². The Morgan fingerprint density at radius 1 is 0.537 bits per heavy atom. The molecular weight excluding hydrogens is 1070 g/mol. The van der Waals surface area contributed by atoms with Crippen molar-refractivity contribution in [1.29, 1.82) is 0 Å². The van der Waals surface area contributed by atoms with Crippen LogP contribution >= 0.6 is 14.9 Å². The standard InChI is InChI=1S/C26H27O3P.C17H26O4P.2C13H16O2/c1-16-12-18(3)23(19(4)13-16)25(27)30(29,22-10-8-7-9-11-22)26(28)24-20(5)14-17(2)15-21(24)6;1-12(10-17(2,3)4)11-22(19)16(18)15-13(20-5)8-7-9-14(15)21-6;2*14-12(11-7-3-1-4-8-11)13(15)9-5-2-6-10-13/h7-15H,1-6H3;7-9,12H,10-11H2,1-6H3;2*1,3-4,7-8,15H,2,5-6,9-10H2/q;+1;;. The molecule has 2 unspecified atom stereocenters. The maximum absolute atomic E-state index is 14.5. The molecule has 2 fully saturated rings. The van der Waals surface area contributed by atoms with E-state index < -0.39 is 42.7 Å². The van der Waals surface area contributed by atoms with Crippen LogP contribution in [0.3, 0.4) is 0 Å². The Hall–Kier alpha value is -6.48. The molecule has 82 heavy (non-hydrogen) atoms. The number of carbonyl (C=O) groups excluding carboxylic acids is 5. The largest absolute Gasteiger partial charge is 0.496 e. The van der Waals surface area contributed by atoms with Crippen molar-refractivity contribution < 1.29 is 52.8 Å². The molecule has 0 spiro atoms. The Kier molecular flexibility index (Phi) is 24.0. The van der Waals surface area contributed by atoms with E-state index in [2.05, 4.69) is 20.8 Å². The van der Waals surface area contributed by atoms with E-state index in [1.807, 2.05) is 109 Å². The third kappa shape index (κ3) is 17.1. The third-order valence-corrected chi connectivity index (χ3v) is 19.3. The Bertz CT molecular complexity index is 3030. The molecule has 2 atom stereocenters. The molecule has 0 radical (unpaired) electrons. The van der Waals surface area contributed by atoms with Gasteiger partial charge in [-0.05, 0) is 113 Å². The minimum atomic E-state index is -4.11. The minimum absolute atomic E-state index is 0.109. The van der Waals surface area contributed by atoms with Gasteiger partial charge in [-0.15, -0.1) is 0 Å². The van der Waals surface area contributed by atoms with Gasteiger partial charge in [0, 0.05) is 33.5 Å². The van der Waals surface area contributed by atoms with Crippen molar-refractivity contribution in [3.05, 3.63) is 195 Å². The van der Waals surface area contributed by atoms with Gasteiger partial charge >= 0.3 is 13.3 Å². The number of aliphatic hydroxyl groups is 2. The number of hydrogen-bond donors (Lipinski definition) is 2. The maximum Gasteiger partial charge on any atom is 0.420 e.